The lowest BCUT2D eigenvalue weighted by atomic mass is 9.92. The first kappa shape index (κ1) is 17.6. The summed E-state index contributed by atoms with van der Waals surface area (Å²) in [5.41, 5.74) is 1.66. The van der Waals surface area contributed by atoms with Gasteiger partial charge in [-0.2, -0.15) is 0 Å². The Bertz CT molecular complexity index is 708. The zero-order chi connectivity index (χ0) is 17.1. The quantitative estimate of drug-likeness (QED) is 0.802. The number of carbonyl (C=O) groups excluding carboxylic acids is 1. The zero-order valence-corrected chi connectivity index (χ0v) is 16.4. The molecule has 0 radical (unpaired) electrons. The van der Waals surface area contributed by atoms with E-state index in [1.54, 1.807) is 12.1 Å². The largest absolute Gasteiger partial charge is 0.298 e. The molecule has 0 bridgehead atoms. The molecule has 6 heteroatoms. The topological polar surface area (TPSA) is 45.2 Å². The van der Waals surface area contributed by atoms with E-state index in [1.165, 1.54) is 17.8 Å². The second-order valence-electron chi connectivity index (χ2n) is 6.75. The third-order valence-corrected chi connectivity index (χ3v) is 5.49. The number of piperidine rings is 1. The minimum atomic E-state index is -0.127. The van der Waals surface area contributed by atoms with Crippen molar-refractivity contribution >= 4 is 38.3 Å². The maximum absolute atomic E-state index is 12.3. The predicted molar refractivity (Wildman–Crippen MR) is 102 cm³/mol. The van der Waals surface area contributed by atoms with E-state index in [1.807, 2.05) is 17.5 Å². The minimum Gasteiger partial charge on any atom is -0.298 e. The highest BCUT2D eigenvalue weighted by Crippen LogP contribution is 2.24. The van der Waals surface area contributed by atoms with E-state index in [0.717, 1.165) is 41.6 Å². The first-order chi connectivity index (χ1) is 11.5. The fourth-order valence-corrected chi connectivity index (χ4v) is 4.48. The van der Waals surface area contributed by atoms with Gasteiger partial charge in [-0.05, 0) is 36.5 Å². The number of benzene rings is 1. The van der Waals surface area contributed by atoms with E-state index in [0.29, 0.717) is 10.7 Å². The summed E-state index contributed by atoms with van der Waals surface area (Å²) in [4.78, 5) is 19.3. The molecule has 1 saturated heterocycles. The van der Waals surface area contributed by atoms with E-state index >= 15 is 0 Å². The molecule has 1 aromatic carbocycles. The highest BCUT2D eigenvalue weighted by molar-refractivity contribution is 9.10. The van der Waals surface area contributed by atoms with Gasteiger partial charge in [0.15, 0.2) is 5.13 Å². The monoisotopic (exact) mass is 407 g/mol. The van der Waals surface area contributed by atoms with Gasteiger partial charge in [-0.3, -0.25) is 15.0 Å². The lowest BCUT2D eigenvalue weighted by molar-refractivity contribution is 0.102. The molecule has 2 atom stereocenters. The van der Waals surface area contributed by atoms with Crippen LogP contribution in [0.25, 0.3) is 0 Å². The molecule has 128 valence electrons. The number of thiazole rings is 1. The summed E-state index contributed by atoms with van der Waals surface area (Å²) in [6.07, 6.45) is 1.31. The lowest BCUT2D eigenvalue weighted by Crippen LogP contribution is -2.38. The summed E-state index contributed by atoms with van der Waals surface area (Å²) in [6.45, 7) is 7.74. The van der Waals surface area contributed by atoms with E-state index in [9.17, 15) is 4.79 Å². The van der Waals surface area contributed by atoms with Crippen LogP contribution in [0.4, 0.5) is 5.13 Å². The zero-order valence-electron chi connectivity index (χ0n) is 14.0. The fraction of sp³-hybridized carbons (Fsp3) is 0.444. The maximum Gasteiger partial charge on any atom is 0.257 e. The molecule has 0 aliphatic carbocycles. The number of carbonyl (C=O) groups is 1. The molecule has 1 aromatic heterocycles. The first-order valence-electron chi connectivity index (χ1n) is 8.23. The lowest BCUT2D eigenvalue weighted by Gasteiger charge is -2.34. The van der Waals surface area contributed by atoms with Crippen molar-refractivity contribution in [2.24, 2.45) is 11.8 Å². The highest BCUT2D eigenvalue weighted by Gasteiger charge is 2.22. The molecule has 1 N–H and O–H groups in total. The van der Waals surface area contributed by atoms with Crippen LogP contribution in [0.15, 0.2) is 34.1 Å². The smallest absolute Gasteiger partial charge is 0.257 e. The van der Waals surface area contributed by atoms with Gasteiger partial charge in [0, 0.05) is 35.1 Å². The Labute approximate surface area is 155 Å². The minimum absolute atomic E-state index is 0.127. The van der Waals surface area contributed by atoms with Crippen LogP contribution in [-0.2, 0) is 6.54 Å². The van der Waals surface area contributed by atoms with Crippen molar-refractivity contribution in [3.05, 3.63) is 45.4 Å². The number of amides is 1. The van der Waals surface area contributed by atoms with Crippen molar-refractivity contribution in [1.82, 2.24) is 9.88 Å². The van der Waals surface area contributed by atoms with E-state index in [4.69, 9.17) is 0 Å². The van der Waals surface area contributed by atoms with Crippen LogP contribution in [0.3, 0.4) is 0 Å². The Morgan fingerprint density at radius 3 is 2.83 bits per heavy atom. The number of aromatic nitrogens is 1. The number of anilines is 1. The third-order valence-electron chi connectivity index (χ3n) is 4.19. The summed E-state index contributed by atoms with van der Waals surface area (Å²) in [7, 11) is 0. The molecule has 0 spiro atoms. The van der Waals surface area contributed by atoms with E-state index < -0.39 is 0 Å². The van der Waals surface area contributed by atoms with Crippen LogP contribution in [0, 0.1) is 11.8 Å². The number of nitrogens with zero attached hydrogens (tertiary/aromatic N) is 2. The van der Waals surface area contributed by atoms with Crippen molar-refractivity contribution in [3.8, 4) is 0 Å². The normalized spacial score (nSPS) is 21.6. The van der Waals surface area contributed by atoms with Gasteiger partial charge in [0.25, 0.3) is 5.91 Å². The van der Waals surface area contributed by atoms with Gasteiger partial charge in [-0.25, -0.2) is 4.98 Å². The molecular formula is C18H22BrN3OS. The van der Waals surface area contributed by atoms with Crippen LogP contribution in [-0.4, -0.2) is 28.9 Å². The molecular weight excluding hydrogens is 386 g/mol. The maximum atomic E-state index is 12.3. The number of nitrogens with one attached hydrogen (secondary N) is 1. The Kier molecular flexibility index (Phi) is 5.69. The van der Waals surface area contributed by atoms with Crippen molar-refractivity contribution in [1.29, 1.82) is 0 Å². The molecule has 1 aliphatic rings. The molecule has 2 aromatic rings. The molecule has 4 nitrogen and oxygen atoms in total. The summed E-state index contributed by atoms with van der Waals surface area (Å²) in [6, 6.07) is 7.36. The highest BCUT2D eigenvalue weighted by atomic mass is 79.9. The summed E-state index contributed by atoms with van der Waals surface area (Å²) >= 11 is 4.87. The standard InChI is InChI=1S/C18H22BrN3OS/c1-12-6-13(2)9-22(8-12)10-16-11-24-18(20-16)21-17(23)14-4-3-5-15(19)7-14/h3-5,7,11-13H,6,8-10H2,1-2H3,(H,20,21,23)/t12-,13-/m1/s1. The van der Waals surface area contributed by atoms with Crippen molar-refractivity contribution in [3.63, 3.8) is 0 Å². The molecule has 0 saturated carbocycles. The van der Waals surface area contributed by atoms with E-state index in [-0.39, 0.29) is 5.91 Å². The summed E-state index contributed by atoms with van der Waals surface area (Å²) in [5, 5.41) is 5.59. The van der Waals surface area contributed by atoms with Crippen LogP contribution < -0.4 is 5.32 Å². The average molecular weight is 408 g/mol. The third kappa shape index (κ3) is 4.65. The van der Waals surface area contributed by atoms with Gasteiger partial charge in [0.1, 0.15) is 0 Å². The number of hydrogen-bond acceptors (Lipinski definition) is 4. The SMILES string of the molecule is C[C@@H]1C[C@@H](C)CN(Cc2csc(NC(=O)c3cccc(Br)c3)n2)C1. The van der Waals surface area contributed by atoms with Crippen molar-refractivity contribution in [2.45, 2.75) is 26.8 Å². The van der Waals surface area contributed by atoms with Crippen LogP contribution in [0.2, 0.25) is 0 Å². The molecule has 1 aliphatic heterocycles. The van der Waals surface area contributed by atoms with Gasteiger partial charge in [0.2, 0.25) is 0 Å². The number of rotatable bonds is 4. The summed E-state index contributed by atoms with van der Waals surface area (Å²) < 4.78 is 0.892. The summed E-state index contributed by atoms with van der Waals surface area (Å²) in [5.74, 6) is 1.35. The Morgan fingerprint density at radius 1 is 1.38 bits per heavy atom. The molecule has 1 fully saturated rings. The number of halogens is 1. The van der Waals surface area contributed by atoms with Gasteiger partial charge in [0.05, 0.1) is 5.69 Å². The Hall–Kier alpha value is -1.24. The Morgan fingerprint density at radius 2 is 2.12 bits per heavy atom. The van der Waals surface area contributed by atoms with Gasteiger partial charge in [-0.1, -0.05) is 35.8 Å². The molecule has 0 unspecified atom stereocenters. The van der Waals surface area contributed by atoms with Gasteiger partial charge in [-0.15, -0.1) is 11.3 Å². The van der Waals surface area contributed by atoms with Crippen LogP contribution >= 0.6 is 27.3 Å². The number of hydrogen-bond donors (Lipinski definition) is 1. The van der Waals surface area contributed by atoms with Crippen LogP contribution in [0.5, 0.6) is 0 Å². The van der Waals surface area contributed by atoms with E-state index in [2.05, 4.69) is 45.0 Å². The average Bonchev–Trinajstić information content (AvgIpc) is 2.93. The predicted octanol–water partition coefficient (Wildman–Crippen LogP) is 4.64. The van der Waals surface area contributed by atoms with Gasteiger partial charge >= 0.3 is 0 Å². The van der Waals surface area contributed by atoms with Gasteiger partial charge < -0.3 is 0 Å². The first-order valence-corrected chi connectivity index (χ1v) is 9.90. The Balaban J connectivity index is 1.60. The van der Waals surface area contributed by atoms with Crippen molar-refractivity contribution in [2.75, 3.05) is 18.4 Å². The van der Waals surface area contributed by atoms with Crippen LogP contribution in [0.1, 0.15) is 36.3 Å². The molecule has 1 amide bonds. The molecule has 2 heterocycles. The molecule has 3 rings (SSSR count). The fourth-order valence-electron chi connectivity index (χ4n) is 3.39. The number of likely N-dealkylation sites (tertiary alicyclic amines) is 1. The molecule has 24 heavy (non-hydrogen) atoms. The second kappa shape index (κ2) is 7.76. The second-order valence-corrected chi connectivity index (χ2v) is 8.52. The van der Waals surface area contributed by atoms with Crippen molar-refractivity contribution < 1.29 is 4.79 Å².